The standard InChI is InChI=1S/C22H20N2O4/c25-12-10-17(24(26)27)13-19-20-14-18(28-15-16-5-2-1-3-6-16)8-9-22(20)23-11-4-7-21(19)23/h1-3,5-6,8-9,12-14H,4,7,10-11,15H2. The van der Waals surface area contributed by atoms with Gasteiger partial charge in [0.25, 0.3) is 5.70 Å². The van der Waals surface area contributed by atoms with Crippen LogP contribution in [0.5, 0.6) is 5.75 Å². The first-order valence-electron chi connectivity index (χ1n) is 9.28. The van der Waals surface area contributed by atoms with Crippen molar-refractivity contribution < 1.29 is 14.5 Å². The van der Waals surface area contributed by atoms with Gasteiger partial charge in [0.2, 0.25) is 0 Å². The van der Waals surface area contributed by atoms with Crippen LogP contribution in [0.1, 0.15) is 29.7 Å². The van der Waals surface area contributed by atoms with E-state index in [0.717, 1.165) is 47.1 Å². The summed E-state index contributed by atoms with van der Waals surface area (Å²) < 4.78 is 8.14. The highest BCUT2D eigenvalue weighted by molar-refractivity contribution is 5.93. The van der Waals surface area contributed by atoms with Crippen LogP contribution in [-0.2, 0) is 24.4 Å². The zero-order valence-corrected chi connectivity index (χ0v) is 15.3. The van der Waals surface area contributed by atoms with Gasteiger partial charge in [-0.2, -0.15) is 0 Å². The minimum atomic E-state index is -0.477. The number of aryl methyl sites for hydroxylation is 1. The molecule has 1 aliphatic rings. The number of benzene rings is 2. The summed E-state index contributed by atoms with van der Waals surface area (Å²) >= 11 is 0. The van der Waals surface area contributed by atoms with Gasteiger partial charge in [0.1, 0.15) is 18.6 Å². The van der Waals surface area contributed by atoms with Crippen molar-refractivity contribution in [3.05, 3.63) is 81.2 Å². The van der Waals surface area contributed by atoms with Gasteiger partial charge in [-0.1, -0.05) is 30.3 Å². The fourth-order valence-electron chi connectivity index (χ4n) is 3.77. The molecule has 1 aliphatic heterocycles. The largest absolute Gasteiger partial charge is 0.489 e. The molecule has 0 N–H and O–H groups in total. The lowest BCUT2D eigenvalue weighted by molar-refractivity contribution is -0.424. The van der Waals surface area contributed by atoms with Gasteiger partial charge < -0.3 is 14.1 Å². The molecule has 1 aromatic heterocycles. The summed E-state index contributed by atoms with van der Waals surface area (Å²) in [6, 6.07) is 15.8. The van der Waals surface area contributed by atoms with E-state index in [2.05, 4.69) is 4.57 Å². The molecule has 0 unspecified atom stereocenters. The average Bonchev–Trinajstić information content (AvgIpc) is 3.29. The number of ether oxygens (including phenoxy) is 1. The molecule has 0 aliphatic carbocycles. The molecule has 4 rings (SSSR count). The second kappa shape index (κ2) is 7.68. The van der Waals surface area contributed by atoms with Gasteiger partial charge in [-0.25, -0.2) is 0 Å². The Morgan fingerprint density at radius 3 is 2.79 bits per heavy atom. The third kappa shape index (κ3) is 3.41. The molecule has 0 radical (unpaired) electrons. The van der Waals surface area contributed by atoms with Crippen LogP contribution in [0.2, 0.25) is 0 Å². The molecule has 2 aromatic carbocycles. The third-order valence-electron chi connectivity index (χ3n) is 5.07. The molecule has 0 saturated carbocycles. The lowest BCUT2D eigenvalue weighted by atomic mass is 10.1. The maximum Gasteiger partial charge on any atom is 0.253 e. The van der Waals surface area contributed by atoms with E-state index in [1.54, 1.807) is 6.08 Å². The maximum absolute atomic E-state index is 11.3. The topological polar surface area (TPSA) is 74.4 Å². The lowest BCUT2D eigenvalue weighted by Gasteiger charge is -2.07. The minimum absolute atomic E-state index is 0.0900. The minimum Gasteiger partial charge on any atom is -0.489 e. The van der Waals surface area contributed by atoms with Crippen molar-refractivity contribution in [3.63, 3.8) is 0 Å². The first-order valence-corrected chi connectivity index (χ1v) is 9.28. The van der Waals surface area contributed by atoms with Gasteiger partial charge in [0.15, 0.2) is 0 Å². The van der Waals surface area contributed by atoms with Crippen LogP contribution < -0.4 is 4.74 Å². The van der Waals surface area contributed by atoms with Gasteiger partial charge in [-0.15, -0.1) is 0 Å². The SMILES string of the molecule is O=CCC(=Cc1c2n(c3ccc(OCc4ccccc4)cc13)CCC2)[N+](=O)[O-]. The second-order valence-corrected chi connectivity index (χ2v) is 6.83. The number of nitro groups is 1. The Morgan fingerprint density at radius 1 is 1.21 bits per heavy atom. The number of nitrogens with zero attached hydrogens (tertiary/aromatic N) is 2. The highest BCUT2D eigenvalue weighted by Crippen LogP contribution is 2.35. The Morgan fingerprint density at radius 2 is 2.04 bits per heavy atom. The predicted molar refractivity (Wildman–Crippen MR) is 107 cm³/mol. The number of rotatable bonds is 7. The Labute approximate surface area is 162 Å². The van der Waals surface area contributed by atoms with Gasteiger partial charge in [0.05, 0.1) is 11.3 Å². The number of hydrogen-bond acceptors (Lipinski definition) is 4. The molecule has 2 heterocycles. The summed E-state index contributed by atoms with van der Waals surface area (Å²) in [4.78, 5) is 21.7. The fourth-order valence-corrected chi connectivity index (χ4v) is 3.77. The summed E-state index contributed by atoms with van der Waals surface area (Å²) in [5, 5.41) is 12.2. The van der Waals surface area contributed by atoms with E-state index in [0.29, 0.717) is 18.6 Å². The van der Waals surface area contributed by atoms with Crippen molar-refractivity contribution in [2.24, 2.45) is 0 Å². The van der Waals surface area contributed by atoms with E-state index < -0.39 is 4.92 Å². The van der Waals surface area contributed by atoms with E-state index in [4.69, 9.17) is 4.74 Å². The molecular weight excluding hydrogens is 356 g/mol. The maximum atomic E-state index is 11.3. The molecule has 0 atom stereocenters. The average molecular weight is 376 g/mol. The molecule has 0 bridgehead atoms. The van der Waals surface area contributed by atoms with Crippen LogP contribution >= 0.6 is 0 Å². The van der Waals surface area contributed by atoms with Crippen molar-refractivity contribution in [3.8, 4) is 5.75 Å². The quantitative estimate of drug-likeness (QED) is 0.349. The summed E-state index contributed by atoms with van der Waals surface area (Å²) in [7, 11) is 0. The van der Waals surface area contributed by atoms with Gasteiger partial charge in [-0.3, -0.25) is 10.1 Å². The third-order valence-corrected chi connectivity index (χ3v) is 5.07. The van der Waals surface area contributed by atoms with Crippen LogP contribution in [0.4, 0.5) is 0 Å². The van der Waals surface area contributed by atoms with Crippen molar-refractivity contribution in [2.45, 2.75) is 32.4 Å². The summed E-state index contributed by atoms with van der Waals surface area (Å²) in [5.41, 5.74) is 3.93. The highest BCUT2D eigenvalue weighted by atomic mass is 16.6. The molecule has 0 saturated heterocycles. The molecular formula is C22H20N2O4. The first kappa shape index (κ1) is 18.0. The summed E-state index contributed by atoms with van der Waals surface area (Å²) in [6.07, 6.45) is 3.80. The molecule has 0 amide bonds. The zero-order chi connectivity index (χ0) is 19.5. The number of hydrogen-bond donors (Lipinski definition) is 0. The van der Waals surface area contributed by atoms with E-state index in [9.17, 15) is 14.9 Å². The normalized spacial score (nSPS) is 13.5. The van der Waals surface area contributed by atoms with Crippen LogP contribution in [-0.4, -0.2) is 15.8 Å². The Kier molecular flexibility index (Phi) is 4.93. The van der Waals surface area contributed by atoms with Gasteiger partial charge in [-0.05, 0) is 36.6 Å². The number of fused-ring (bicyclic) bond motifs is 3. The fraction of sp³-hybridized carbons (Fsp3) is 0.227. The van der Waals surface area contributed by atoms with Crippen LogP contribution in [0, 0.1) is 10.1 Å². The van der Waals surface area contributed by atoms with Crippen molar-refractivity contribution in [2.75, 3.05) is 0 Å². The molecule has 28 heavy (non-hydrogen) atoms. The number of aldehydes is 1. The monoisotopic (exact) mass is 376 g/mol. The number of carbonyl (C=O) groups excluding carboxylic acids is 1. The highest BCUT2D eigenvalue weighted by Gasteiger charge is 2.22. The molecule has 0 fully saturated rings. The molecule has 142 valence electrons. The Hall–Kier alpha value is -3.41. The smallest absolute Gasteiger partial charge is 0.253 e. The second-order valence-electron chi connectivity index (χ2n) is 6.83. The first-order chi connectivity index (χ1) is 13.7. The Balaban J connectivity index is 1.74. The van der Waals surface area contributed by atoms with E-state index in [1.807, 2.05) is 48.5 Å². The molecule has 6 heteroatoms. The molecule has 0 spiro atoms. The van der Waals surface area contributed by atoms with E-state index >= 15 is 0 Å². The van der Waals surface area contributed by atoms with Crippen LogP contribution in [0.3, 0.4) is 0 Å². The zero-order valence-electron chi connectivity index (χ0n) is 15.3. The number of aromatic nitrogens is 1. The van der Waals surface area contributed by atoms with Gasteiger partial charge in [0, 0.05) is 34.8 Å². The van der Waals surface area contributed by atoms with Crippen LogP contribution in [0.15, 0.2) is 54.2 Å². The molecule has 6 nitrogen and oxygen atoms in total. The predicted octanol–water partition coefficient (Wildman–Crippen LogP) is 4.37. The lowest BCUT2D eigenvalue weighted by Crippen LogP contribution is -1.99. The van der Waals surface area contributed by atoms with Gasteiger partial charge >= 0.3 is 0 Å². The Bertz CT molecular complexity index is 1070. The van der Waals surface area contributed by atoms with Crippen molar-refractivity contribution in [1.29, 1.82) is 0 Å². The van der Waals surface area contributed by atoms with E-state index in [1.165, 1.54) is 0 Å². The van der Waals surface area contributed by atoms with E-state index in [-0.39, 0.29) is 12.1 Å². The summed E-state index contributed by atoms with van der Waals surface area (Å²) in [5.74, 6) is 0.716. The van der Waals surface area contributed by atoms with Crippen molar-refractivity contribution >= 4 is 23.3 Å². The summed E-state index contributed by atoms with van der Waals surface area (Å²) in [6.45, 7) is 1.35. The van der Waals surface area contributed by atoms with Crippen molar-refractivity contribution in [1.82, 2.24) is 4.57 Å². The van der Waals surface area contributed by atoms with Crippen LogP contribution in [0.25, 0.3) is 17.0 Å². The number of carbonyl (C=O) groups is 1. The number of allylic oxidation sites excluding steroid dienone is 1. The molecule has 3 aromatic rings.